The van der Waals surface area contributed by atoms with Gasteiger partial charge in [0.2, 0.25) is 0 Å². The second-order valence-electron chi connectivity index (χ2n) is 8.41. The third-order valence-electron chi connectivity index (χ3n) is 4.20. The summed E-state index contributed by atoms with van der Waals surface area (Å²) in [6, 6.07) is 16.7. The van der Waals surface area contributed by atoms with Gasteiger partial charge in [-0.15, -0.1) is 0 Å². The van der Waals surface area contributed by atoms with Gasteiger partial charge in [0, 0.05) is 0 Å². The maximum Gasteiger partial charge on any atom is 0.0991 e. The molecule has 2 aromatic carbocycles. The fraction of sp³-hybridized carbons (Fsp3) is 0.348. The van der Waals surface area contributed by atoms with Crippen molar-refractivity contribution in [2.45, 2.75) is 52.4 Å². The summed E-state index contributed by atoms with van der Waals surface area (Å²) >= 11 is 0. The Morgan fingerprint density at radius 1 is 0.708 bits per heavy atom. The minimum Gasteiger partial charge on any atom is -0.192 e. The lowest BCUT2D eigenvalue weighted by molar-refractivity contribution is 0.568. The Balaban J connectivity index is 2.41. The molecule has 0 atom stereocenters. The Morgan fingerprint density at radius 3 is 1.58 bits per heavy atom. The number of hydrogen-bond acceptors (Lipinski definition) is 1. The zero-order valence-corrected chi connectivity index (χ0v) is 15.6. The summed E-state index contributed by atoms with van der Waals surface area (Å²) in [6.07, 6.45) is 4.27. The molecule has 2 aromatic rings. The number of benzene rings is 2. The van der Waals surface area contributed by atoms with E-state index < -0.39 is 0 Å². The van der Waals surface area contributed by atoms with Gasteiger partial charge in [-0.05, 0) is 45.2 Å². The van der Waals surface area contributed by atoms with Crippen LogP contribution in [0.25, 0.3) is 12.2 Å². The van der Waals surface area contributed by atoms with E-state index in [0.717, 1.165) is 5.56 Å². The van der Waals surface area contributed by atoms with Crippen molar-refractivity contribution in [1.29, 1.82) is 5.26 Å². The Hall–Kier alpha value is -2.33. The van der Waals surface area contributed by atoms with Crippen molar-refractivity contribution in [3.63, 3.8) is 0 Å². The highest BCUT2D eigenvalue weighted by atomic mass is 14.2. The molecule has 124 valence electrons. The zero-order chi connectivity index (χ0) is 18.0. The van der Waals surface area contributed by atoms with Crippen LogP contribution in [0.15, 0.2) is 42.5 Å². The van der Waals surface area contributed by atoms with E-state index in [1.54, 1.807) is 0 Å². The summed E-state index contributed by atoms with van der Waals surface area (Å²) in [7, 11) is 0. The molecule has 0 aliphatic carbocycles. The second kappa shape index (κ2) is 6.65. The third-order valence-corrected chi connectivity index (χ3v) is 4.20. The van der Waals surface area contributed by atoms with Crippen molar-refractivity contribution in [3.05, 3.63) is 70.3 Å². The average molecular weight is 317 g/mol. The molecular formula is C23H27N. The molecule has 0 bridgehead atoms. The van der Waals surface area contributed by atoms with Crippen LogP contribution in [0.5, 0.6) is 0 Å². The van der Waals surface area contributed by atoms with Crippen LogP contribution in [0, 0.1) is 11.3 Å². The predicted octanol–water partition coefficient (Wildman–Crippen LogP) is 6.32. The van der Waals surface area contributed by atoms with E-state index in [0.29, 0.717) is 5.56 Å². The van der Waals surface area contributed by atoms with Gasteiger partial charge in [0.25, 0.3) is 0 Å². The normalized spacial score (nSPS) is 12.4. The molecule has 0 N–H and O–H groups in total. The van der Waals surface area contributed by atoms with Crippen molar-refractivity contribution in [2.75, 3.05) is 0 Å². The van der Waals surface area contributed by atoms with E-state index in [4.69, 9.17) is 5.26 Å². The lowest BCUT2D eigenvalue weighted by atomic mass is 9.79. The number of nitriles is 1. The lowest BCUT2D eigenvalue weighted by Gasteiger charge is -2.25. The van der Waals surface area contributed by atoms with E-state index in [1.165, 1.54) is 16.7 Å². The molecule has 0 unspecified atom stereocenters. The molecule has 0 aromatic heterocycles. The van der Waals surface area contributed by atoms with Gasteiger partial charge in [-0.25, -0.2) is 0 Å². The van der Waals surface area contributed by atoms with Gasteiger partial charge < -0.3 is 0 Å². The number of rotatable bonds is 2. The summed E-state index contributed by atoms with van der Waals surface area (Å²) in [5, 5.41) is 8.88. The molecular weight excluding hydrogens is 290 g/mol. The van der Waals surface area contributed by atoms with Gasteiger partial charge in [0.15, 0.2) is 0 Å². The van der Waals surface area contributed by atoms with Gasteiger partial charge in [0.1, 0.15) is 0 Å². The monoisotopic (exact) mass is 317 g/mol. The van der Waals surface area contributed by atoms with Gasteiger partial charge in [0.05, 0.1) is 11.6 Å². The van der Waals surface area contributed by atoms with Crippen LogP contribution in [-0.2, 0) is 10.8 Å². The van der Waals surface area contributed by atoms with Crippen LogP contribution in [-0.4, -0.2) is 0 Å². The molecule has 1 nitrogen and oxygen atoms in total. The Bertz CT molecular complexity index is 741. The first kappa shape index (κ1) is 18.0. The molecule has 0 amide bonds. The van der Waals surface area contributed by atoms with Crippen LogP contribution < -0.4 is 0 Å². The van der Waals surface area contributed by atoms with E-state index in [2.05, 4.69) is 78.0 Å². The first-order valence-electron chi connectivity index (χ1n) is 8.44. The smallest absolute Gasteiger partial charge is 0.0991 e. The summed E-state index contributed by atoms with van der Waals surface area (Å²) in [4.78, 5) is 0. The maximum absolute atomic E-state index is 8.88. The van der Waals surface area contributed by atoms with Crippen LogP contribution in [0.2, 0.25) is 0 Å². The van der Waals surface area contributed by atoms with Crippen molar-refractivity contribution in [3.8, 4) is 6.07 Å². The maximum atomic E-state index is 8.88. The fourth-order valence-electron chi connectivity index (χ4n) is 2.48. The van der Waals surface area contributed by atoms with Crippen molar-refractivity contribution in [2.24, 2.45) is 0 Å². The molecule has 1 heteroatoms. The lowest BCUT2D eigenvalue weighted by Crippen LogP contribution is -2.16. The first-order chi connectivity index (χ1) is 11.1. The fourth-order valence-corrected chi connectivity index (χ4v) is 2.48. The minimum atomic E-state index is 0.123. The summed E-state index contributed by atoms with van der Waals surface area (Å²) in [5.74, 6) is 0. The van der Waals surface area contributed by atoms with E-state index in [1.807, 2.05) is 24.3 Å². The topological polar surface area (TPSA) is 23.8 Å². The first-order valence-corrected chi connectivity index (χ1v) is 8.44. The SMILES string of the molecule is CC(C)(C)c1cc(C=Cc2ccc(C#N)cc2)cc(C(C)(C)C)c1. The largest absolute Gasteiger partial charge is 0.192 e. The summed E-state index contributed by atoms with van der Waals surface area (Å²) < 4.78 is 0. The quantitative estimate of drug-likeness (QED) is 0.594. The number of hydrogen-bond donors (Lipinski definition) is 0. The molecule has 0 fully saturated rings. The molecule has 0 spiro atoms. The standard InChI is InChI=1S/C23H27N/c1-22(2,3)20-13-19(14-21(15-20)23(4,5)6)12-9-17-7-10-18(16-24)11-8-17/h7-15H,1-6H3. The predicted molar refractivity (Wildman–Crippen MR) is 104 cm³/mol. The van der Waals surface area contributed by atoms with Gasteiger partial charge in [-0.2, -0.15) is 5.26 Å². The van der Waals surface area contributed by atoms with Crippen molar-refractivity contribution >= 4 is 12.2 Å². The molecule has 0 aliphatic rings. The highest BCUT2D eigenvalue weighted by molar-refractivity contribution is 5.70. The summed E-state index contributed by atoms with van der Waals surface area (Å²) in [6.45, 7) is 13.5. The van der Waals surface area contributed by atoms with Crippen LogP contribution in [0.3, 0.4) is 0 Å². The third kappa shape index (κ3) is 4.59. The van der Waals surface area contributed by atoms with Gasteiger partial charge in [-0.3, -0.25) is 0 Å². The van der Waals surface area contributed by atoms with Crippen LogP contribution >= 0.6 is 0 Å². The van der Waals surface area contributed by atoms with Gasteiger partial charge in [-0.1, -0.05) is 84.0 Å². The Labute approximate surface area is 146 Å². The Morgan fingerprint density at radius 2 is 1.17 bits per heavy atom. The van der Waals surface area contributed by atoms with Crippen molar-refractivity contribution in [1.82, 2.24) is 0 Å². The zero-order valence-electron chi connectivity index (χ0n) is 15.6. The van der Waals surface area contributed by atoms with E-state index >= 15 is 0 Å². The molecule has 0 saturated heterocycles. The molecule has 0 radical (unpaired) electrons. The summed E-state index contributed by atoms with van der Waals surface area (Å²) in [5.41, 5.74) is 5.97. The Kier molecular flexibility index (Phi) is 4.99. The van der Waals surface area contributed by atoms with Crippen LogP contribution in [0.4, 0.5) is 0 Å². The van der Waals surface area contributed by atoms with Crippen LogP contribution in [0.1, 0.15) is 69.4 Å². The molecule has 24 heavy (non-hydrogen) atoms. The second-order valence-corrected chi connectivity index (χ2v) is 8.41. The molecule has 0 heterocycles. The highest BCUT2D eigenvalue weighted by Crippen LogP contribution is 2.30. The number of nitrogens with zero attached hydrogens (tertiary/aromatic N) is 1. The molecule has 0 aliphatic heterocycles. The molecule has 2 rings (SSSR count). The van der Waals surface area contributed by atoms with E-state index in [9.17, 15) is 0 Å². The minimum absolute atomic E-state index is 0.123. The van der Waals surface area contributed by atoms with Crippen molar-refractivity contribution < 1.29 is 0 Å². The molecule has 0 saturated carbocycles. The van der Waals surface area contributed by atoms with Gasteiger partial charge >= 0.3 is 0 Å². The van der Waals surface area contributed by atoms with E-state index in [-0.39, 0.29) is 10.8 Å². The average Bonchev–Trinajstić information content (AvgIpc) is 2.51. The highest BCUT2D eigenvalue weighted by Gasteiger charge is 2.19.